The number of halogens is 2. The van der Waals surface area contributed by atoms with Crippen LogP contribution in [0, 0.1) is 23.5 Å². The number of piperazine rings is 1. The number of hydrogen-bond donors (Lipinski definition) is 2. The Morgan fingerprint density at radius 1 is 1.04 bits per heavy atom. The van der Waals surface area contributed by atoms with Crippen molar-refractivity contribution in [3.63, 3.8) is 0 Å². The third-order valence-corrected chi connectivity index (χ3v) is 8.62. The number of anilines is 2. The minimum Gasteiger partial charge on any atom is -0.453 e. The molecule has 1 saturated heterocycles. The van der Waals surface area contributed by atoms with E-state index in [0.29, 0.717) is 12.2 Å². The van der Waals surface area contributed by atoms with Gasteiger partial charge in [0.2, 0.25) is 0 Å². The number of nitrogens with one attached hydrogen (secondary N) is 1. The molecule has 2 aromatic carbocycles. The Bertz CT molecular complexity index is 2080. The highest BCUT2D eigenvalue weighted by molar-refractivity contribution is 6.03. The molecule has 0 aliphatic carbocycles. The molecule has 0 bridgehead atoms. The largest absolute Gasteiger partial charge is 0.453 e. The molecule has 1 aliphatic rings. The lowest BCUT2D eigenvalue weighted by Crippen LogP contribution is -2.54. The fourth-order valence-corrected chi connectivity index (χ4v) is 5.61. The van der Waals surface area contributed by atoms with Crippen LogP contribution >= 0.6 is 0 Å². The number of methoxy groups -OCH3 is 1. The number of pyridine rings is 1. The summed E-state index contributed by atoms with van der Waals surface area (Å²) in [6, 6.07) is 9.60. The number of ether oxygens (including phenoxy) is 2. The molecule has 0 unspecified atom stereocenters. The second-order valence-electron chi connectivity index (χ2n) is 12.8. The maximum absolute atomic E-state index is 15.4. The monoisotopic (exact) mass is 701 g/mol. The van der Waals surface area contributed by atoms with Crippen molar-refractivity contribution in [2.24, 2.45) is 0 Å². The van der Waals surface area contributed by atoms with Gasteiger partial charge in [0.25, 0.3) is 11.5 Å². The third-order valence-electron chi connectivity index (χ3n) is 8.62. The lowest BCUT2D eigenvalue weighted by molar-refractivity contribution is 0.0638. The zero-order valence-corrected chi connectivity index (χ0v) is 29.2. The van der Waals surface area contributed by atoms with Crippen LogP contribution in [0.25, 0.3) is 5.69 Å². The molecular formula is C37H41F2N7O5. The van der Waals surface area contributed by atoms with Gasteiger partial charge in [0, 0.05) is 76.1 Å². The number of rotatable bonds is 10. The maximum Gasteiger partial charge on any atom is 0.335 e. The summed E-state index contributed by atoms with van der Waals surface area (Å²) in [5, 5.41) is 2.52. The van der Waals surface area contributed by atoms with Crippen molar-refractivity contribution in [2.45, 2.75) is 39.3 Å². The third kappa shape index (κ3) is 8.51. The van der Waals surface area contributed by atoms with Crippen LogP contribution in [0.1, 0.15) is 49.7 Å². The van der Waals surface area contributed by atoms with Crippen molar-refractivity contribution in [3.8, 4) is 29.0 Å². The van der Waals surface area contributed by atoms with E-state index in [0.717, 1.165) is 61.7 Å². The molecule has 5 rings (SSSR count). The highest BCUT2D eigenvalue weighted by Crippen LogP contribution is 2.31. The van der Waals surface area contributed by atoms with E-state index in [9.17, 15) is 18.8 Å². The van der Waals surface area contributed by atoms with E-state index < -0.39 is 40.4 Å². The predicted molar refractivity (Wildman–Crippen MR) is 191 cm³/mol. The molecule has 2 aromatic heterocycles. The Hall–Kier alpha value is -5.36. The lowest BCUT2D eigenvalue weighted by atomic mass is 10.0. The Labute approximate surface area is 294 Å². The van der Waals surface area contributed by atoms with Gasteiger partial charge in [-0.1, -0.05) is 11.8 Å². The van der Waals surface area contributed by atoms with E-state index in [4.69, 9.17) is 15.2 Å². The highest BCUT2D eigenvalue weighted by atomic mass is 19.1. The molecule has 1 fully saturated rings. The zero-order chi connectivity index (χ0) is 36.9. The van der Waals surface area contributed by atoms with Crippen molar-refractivity contribution in [2.75, 3.05) is 57.5 Å². The van der Waals surface area contributed by atoms with E-state index in [-0.39, 0.29) is 34.3 Å². The van der Waals surface area contributed by atoms with Crippen LogP contribution in [0.2, 0.25) is 0 Å². The van der Waals surface area contributed by atoms with Gasteiger partial charge in [-0.25, -0.2) is 23.1 Å². The highest BCUT2D eigenvalue weighted by Gasteiger charge is 2.28. The van der Waals surface area contributed by atoms with Gasteiger partial charge >= 0.3 is 5.69 Å². The SMILES string of the molecule is COCCN1CCN(C(C)(C)C#Cc2c(Oc3ccc(NC(=O)c4cn(C(C)C)c(=O)n(-c5ccc(F)cc5)c4=O)cc3F)ccnc2N)CC1. The van der Waals surface area contributed by atoms with Gasteiger partial charge in [0.05, 0.1) is 17.8 Å². The van der Waals surface area contributed by atoms with Gasteiger partial charge in [-0.3, -0.25) is 24.0 Å². The van der Waals surface area contributed by atoms with Crippen LogP contribution in [0.15, 0.2) is 70.5 Å². The number of hydrogen-bond acceptors (Lipinski definition) is 9. The zero-order valence-electron chi connectivity index (χ0n) is 29.2. The van der Waals surface area contributed by atoms with Crippen molar-refractivity contribution >= 4 is 17.4 Å². The number of carbonyl (C=O) groups excluding carboxylic acids is 1. The minimum atomic E-state index is -0.919. The van der Waals surface area contributed by atoms with Gasteiger partial charge in [-0.15, -0.1) is 0 Å². The molecule has 12 nitrogen and oxygen atoms in total. The van der Waals surface area contributed by atoms with Gasteiger partial charge in [0.1, 0.15) is 28.5 Å². The minimum absolute atomic E-state index is 0.0261. The normalized spacial score (nSPS) is 13.9. The van der Waals surface area contributed by atoms with Gasteiger partial charge in [-0.2, -0.15) is 0 Å². The molecular weight excluding hydrogens is 660 g/mol. The lowest BCUT2D eigenvalue weighted by Gasteiger charge is -2.41. The average Bonchev–Trinajstić information content (AvgIpc) is 3.09. The molecule has 268 valence electrons. The summed E-state index contributed by atoms with van der Waals surface area (Å²) in [5.41, 5.74) is 4.12. The Morgan fingerprint density at radius 2 is 1.75 bits per heavy atom. The smallest absolute Gasteiger partial charge is 0.335 e. The Balaban J connectivity index is 1.35. The first kappa shape index (κ1) is 36.9. The van der Waals surface area contributed by atoms with Gasteiger partial charge < -0.3 is 20.5 Å². The molecule has 3 heterocycles. The van der Waals surface area contributed by atoms with Crippen LogP contribution in [-0.2, 0) is 4.74 Å². The molecule has 0 spiro atoms. The summed E-state index contributed by atoms with van der Waals surface area (Å²) in [5.74, 6) is 4.31. The van der Waals surface area contributed by atoms with E-state index >= 15 is 4.39 Å². The quantitative estimate of drug-likeness (QED) is 0.232. The van der Waals surface area contributed by atoms with Crippen LogP contribution in [0.3, 0.4) is 0 Å². The number of carbonyl (C=O) groups is 1. The fraction of sp³-hybridized carbons (Fsp3) is 0.351. The molecule has 3 N–H and O–H groups in total. The van der Waals surface area contributed by atoms with E-state index in [1.165, 1.54) is 41.1 Å². The second kappa shape index (κ2) is 15.7. The molecule has 14 heteroatoms. The summed E-state index contributed by atoms with van der Waals surface area (Å²) in [6.07, 6.45) is 2.58. The van der Waals surface area contributed by atoms with Crippen molar-refractivity contribution in [3.05, 3.63) is 105 Å². The second-order valence-corrected chi connectivity index (χ2v) is 12.8. The number of nitrogen functional groups attached to an aromatic ring is 1. The maximum atomic E-state index is 15.4. The molecule has 1 aliphatic heterocycles. The number of nitrogens with two attached hydrogens (primary N) is 1. The molecule has 51 heavy (non-hydrogen) atoms. The van der Waals surface area contributed by atoms with E-state index in [1.54, 1.807) is 21.0 Å². The fourth-order valence-electron chi connectivity index (χ4n) is 5.61. The van der Waals surface area contributed by atoms with Crippen molar-refractivity contribution < 1.29 is 23.0 Å². The molecule has 1 amide bonds. The van der Waals surface area contributed by atoms with Gasteiger partial charge in [-0.05, 0) is 64.1 Å². The van der Waals surface area contributed by atoms with E-state index in [2.05, 4.69) is 31.9 Å². The molecule has 4 aromatic rings. The van der Waals surface area contributed by atoms with Gasteiger partial charge in [0.15, 0.2) is 11.6 Å². The van der Waals surface area contributed by atoms with Crippen LogP contribution < -0.4 is 27.0 Å². The standard InChI is InChI=1S/C37H41F2N7O5/c1-24(2)45-23-29(35(48)46(36(45)49)27-9-6-25(38)7-10-27)34(47)42-26-8-11-32(30(39)22-26)51-31-13-15-41-33(40)28(31)12-14-37(3,4)44-18-16-43(17-19-44)20-21-50-5/h6-11,13,15,22-24H,16-21H2,1-5H3,(H2,40,41)(H,42,47). The number of aromatic nitrogens is 3. The van der Waals surface area contributed by atoms with Crippen LogP contribution in [-0.4, -0.2) is 81.8 Å². The first-order valence-electron chi connectivity index (χ1n) is 16.5. The Morgan fingerprint density at radius 3 is 2.39 bits per heavy atom. The topological polar surface area (TPSA) is 137 Å². The summed E-state index contributed by atoms with van der Waals surface area (Å²) in [6.45, 7) is 12.5. The van der Waals surface area contributed by atoms with E-state index in [1.807, 2.05) is 13.8 Å². The predicted octanol–water partition coefficient (Wildman–Crippen LogP) is 4.27. The summed E-state index contributed by atoms with van der Waals surface area (Å²) in [7, 11) is 1.69. The first-order valence-corrected chi connectivity index (χ1v) is 16.5. The molecule has 0 saturated carbocycles. The number of benzene rings is 2. The van der Waals surface area contributed by atoms with Crippen molar-refractivity contribution in [1.29, 1.82) is 0 Å². The molecule has 0 radical (unpaired) electrons. The average molecular weight is 702 g/mol. The number of amides is 1. The summed E-state index contributed by atoms with van der Waals surface area (Å²) in [4.78, 5) is 48.7. The Kier molecular flexibility index (Phi) is 11.3. The summed E-state index contributed by atoms with van der Waals surface area (Å²) < 4.78 is 42.1. The van der Waals surface area contributed by atoms with Crippen molar-refractivity contribution in [1.82, 2.24) is 23.9 Å². The van der Waals surface area contributed by atoms with Crippen LogP contribution in [0.4, 0.5) is 20.3 Å². The number of nitrogens with zero attached hydrogens (tertiary/aromatic N) is 5. The first-order chi connectivity index (χ1) is 24.3. The van der Waals surface area contributed by atoms with Crippen LogP contribution in [0.5, 0.6) is 11.5 Å². The molecule has 0 atom stereocenters. The summed E-state index contributed by atoms with van der Waals surface area (Å²) >= 11 is 0.